The summed E-state index contributed by atoms with van der Waals surface area (Å²) in [6.45, 7) is 25.6. The summed E-state index contributed by atoms with van der Waals surface area (Å²) >= 11 is 4.42. The molecule has 0 saturated carbocycles. The van der Waals surface area contributed by atoms with Crippen molar-refractivity contribution >= 4 is 98.7 Å². The number of aromatic hydroxyl groups is 6. The Hall–Kier alpha value is -10.1. The molecule has 15 nitrogen and oxygen atoms in total. The number of phenols is 6. The maximum atomic E-state index is 13.7. The third-order valence-electron chi connectivity index (χ3n) is 19.7. The number of anilines is 3. The fraction of sp³-hybridized carbons (Fsp3) is 0.250. The van der Waals surface area contributed by atoms with Crippen molar-refractivity contribution in [2.75, 3.05) is 93.2 Å². The number of carbonyl (C=O) groups is 3. The van der Waals surface area contributed by atoms with Gasteiger partial charge in [-0.05, 0) is 258 Å². The number of phenolic OH excluding ortho intramolecular Hbond substituents is 6. The molecule has 18 heteroatoms. The predicted molar refractivity (Wildman–Crippen MR) is 418 cm³/mol. The molecular weight excluding hydrogens is 1330 g/mol. The Bertz CT molecular complexity index is 4450. The summed E-state index contributed by atoms with van der Waals surface area (Å²) in [5.41, 5.74) is 9.80. The molecule has 0 bridgehead atoms. The summed E-state index contributed by atoms with van der Waals surface area (Å²) in [5, 5.41) is 61.5. The van der Waals surface area contributed by atoms with Crippen LogP contribution in [0.25, 0.3) is 61.6 Å². The van der Waals surface area contributed by atoms with Gasteiger partial charge in [0.25, 0.3) is 0 Å². The van der Waals surface area contributed by atoms with Crippen molar-refractivity contribution in [2.45, 2.75) is 59.7 Å². The normalized spacial score (nSPS) is 14.7. The Balaban J connectivity index is 0.000000137. The van der Waals surface area contributed by atoms with Crippen LogP contribution in [0.2, 0.25) is 0 Å². The second kappa shape index (κ2) is 30.6. The summed E-state index contributed by atoms with van der Waals surface area (Å²) < 4.78 is 2.56. The summed E-state index contributed by atoms with van der Waals surface area (Å²) in [5.74, 6) is 0.926. The lowest BCUT2D eigenvalue weighted by Gasteiger charge is -2.38. The van der Waals surface area contributed by atoms with Crippen LogP contribution in [0, 0.1) is 0 Å². The van der Waals surface area contributed by atoms with Gasteiger partial charge in [-0.25, -0.2) is 0 Å². The molecule has 0 atom stereocenters. The Morgan fingerprint density at radius 1 is 0.284 bits per heavy atom. The summed E-state index contributed by atoms with van der Waals surface area (Å²) in [4.78, 5) is 58.3. The van der Waals surface area contributed by atoms with Gasteiger partial charge in [0, 0.05) is 192 Å². The van der Waals surface area contributed by atoms with Crippen molar-refractivity contribution in [1.82, 2.24) is 14.7 Å². The molecule has 0 radical (unpaired) electrons. The highest BCUT2D eigenvalue weighted by atomic mass is 32.1. The van der Waals surface area contributed by atoms with Crippen molar-refractivity contribution < 1.29 is 45.0 Å². The highest BCUT2D eigenvalue weighted by Gasteiger charge is 2.28. The van der Waals surface area contributed by atoms with Gasteiger partial charge in [-0.3, -0.25) is 29.1 Å². The van der Waals surface area contributed by atoms with E-state index < -0.39 is 0 Å². The first-order valence-electron chi connectivity index (χ1n) is 34.8. The van der Waals surface area contributed by atoms with Crippen LogP contribution < -0.4 is 14.7 Å². The van der Waals surface area contributed by atoms with E-state index in [2.05, 4.69) is 70.9 Å². The van der Waals surface area contributed by atoms with Crippen LogP contribution in [-0.4, -0.2) is 159 Å². The smallest absolute Gasteiger partial charge is 0.195 e. The number of benzene rings is 9. The SMILES string of the molecule is CC(C)N1CCN(c2ccc(C(=O)c3c(-c4ccc(O)cc4)sc4cc(O)ccc34)cc2)CC1.CC(C)N1CCN(c2ccc(C(=O)c3c(-c4ccc(O)cc4)sc4cc(O)ccc34)cc2)CC1.CC(C)N1CCN(c2ccc(C(=O)c3c(-c4ccc(O)cc4)sc4cc(O)ccc34)cc2)CC1. The van der Waals surface area contributed by atoms with Gasteiger partial charge < -0.3 is 45.3 Å². The number of fused-ring (bicyclic) bond motifs is 3. The minimum absolute atomic E-state index is 0.0452. The molecule has 6 N–H and O–H groups in total. The first-order valence-corrected chi connectivity index (χ1v) is 37.2. The molecule has 0 unspecified atom stereocenters. The highest BCUT2D eigenvalue weighted by molar-refractivity contribution is 7.23. The molecule has 0 amide bonds. The molecule has 3 aromatic heterocycles. The lowest BCUT2D eigenvalue weighted by molar-refractivity contribution is 0.103. The van der Waals surface area contributed by atoms with Gasteiger partial charge in [0.05, 0.1) is 0 Å². The summed E-state index contributed by atoms with van der Waals surface area (Å²) in [6, 6.07) is 61.4. The molecule has 6 heterocycles. The first-order chi connectivity index (χ1) is 49.2. The van der Waals surface area contributed by atoms with Gasteiger partial charge in [-0.15, -0.1) is 34.0 Å². The molecule has 0 spiro atoms. The minimum atomic E-state index is -0.0452. The van der Waals surface area contributed by atoms with Crippen LogP contribution in [0.4, 0.5) is 17.1 Å². The fourth-order valence-corrected chi connectivity index (χ4v) is 17.5. The summed E-state index contributed by atoms with van der Waals surface area (Å²) in [7, 11) is 0. The largest absolute Gasteiger partial charge is 0.508 e. The average Bonchev–Trinajstić information content (AvgIpc) is 1.46. The molecule has 9 aromatic carbocycles. The van der Waals surface area contributed by atoms with Gasteiger partial charge in [-0.1, -0.05) is 0 Å². The second-order valence-corrected chi connectivity index (χ2v) is 30.2. The lowest BCUT2D eigenvalue weighted by Crippen LogP contribution is -2.48. The van der Waals surface area contributed by atoms with Gasteiger partial charge in [0.1, 0.15) is 34.5 Å². The zero-order chi connectivity index (χ0) is 71.5. The number of hydrogen-bond donors (Lipinski definition) is 6. The van der Waals surface area contributed by atoms with Crippen LogP contribution in [0.3, 0.4) is 0 Å². The minimum Gasteiger partial charge on any atom is -0.508 e. The van der Waals surface area contributed by atoms with Gasteiger partial charge >= 0.3 is 0 Å². The summed E-state index contributed by atoms with van der Waals surface area (Å²) in [6.07, 6.45) is 0. The van der Waals surface area contributed by atoms with Crippen molar-refractivity contribution in [3.05, 3.63) is 234 Å². The quantitative estimate of drug-likeness (QED) is 0.0531. The van der Waals surface area contributed by atoms with Gasteiger partial charge in [-0.2, -0.15) is 0 Å². The third-order valence-corrected chi connectivity index (χ3v) is 23.3. The van der Waals surface area contributed by atoms with Crippen molar-refractivity contribution in [2.24, 2.45) is 0 Å². The Labute approximate surface area is 606 Å². The van der Waals surface area contributed by atoms with Crippen molar-refractivity contribution in [3.8, 4) is 65.8 Å². The molecule has 102 heavy (non-hydrogen) atoms. The zero-order valence-electron chi connectivity index (χ0n) is 58.1. The molecule has 3 saturated heterocycles. The number of carbonyl (C=O) groups excluding carboxylic acids is 3. The maximum absolute atomic E-state index is 13.7. The van der Waals surface area contributed by atoms with Crippen LogP contribution in [-0.2, 0) is 0 Å². The van der Waals surface area contributed by atoms with Crippen LogP contribution in [0.1, 0.15) is 89.3 Å². The van der Waals surface area contributed by atoms with Crippen molar-refractivity contribution in [1.29, 1.82) is 0 Å². The highest BCUT2D eigenvalue weighted by Crippen LogP contribution is 2.45. The number of ketones is 3. The first kappa shape index (κ1) is 70.4. The van der Waals surface area contributed by atoms with Crippen LogP contribution >= 0.6 is 34.0 Å². The molecule has 0 aliphatic carbocycles. The monoisotopic (exact) mass is 1420 g/mol. The fourth-order valence-electron chi connectivity index (χ4n) is 13.8. The number of thiophene rings is 3. The second-order valence-electron chi connectivity index (χ2n) is 27.1. The molecule has 3 fully saturated rings. The number of nitrogens with zero attached hydrogens (tertiary/aromatic N) is 6. The molecule has 3 aliphatic heterocycles. The lowest BCUT2D eigenvalue weighted by atomic mass is 9.97. The van der Waals surface area contributed by atoms with Crippen LogP contribution in [0.5, 0.6) is 34.5 Å². The van der Waals surface area contributed by atoms with E-state index >= 15 is 0 Å². The van der Waals surface area contributed by atoms with Gasteiger partial charge in [0.2, 0.25) is 0 Å². The molecule has 3 aliphatic rings. The number of piperazine rings is 3. The number of hydrogen-bond acceptors (Lipinski definition) is 18. The van der Waals surface area contributed by atoms with Gasteiger partial charge in [0.15, 0.2) is 17.3 Å². The molecular formula is C84H84N6O9S3. The van der Waals surface area contributed by atoms with Crippen molar-refractivity contribution in [3.63, 3.8) is 0 Å². The van der Waals surface area contributed by atoms with E-state index in [0.717, 1.165) is 157 Å². The van der Waals surface area contributed by atoms with E-state index in [4.69, 9.17) is 0 Å². The topological polar surface area (TPSA) is 192 Å². The average molecular weight is 1420 g/mol. The Kier molecular flexibility index (Phi) is 21.2. The molecule has 12 aromatic rings. The Morgan fingerprint density at radius 3 is 0.716 bits per heavy atom. The number of rotatable bonds is 15. The van der Waals surface area contributed by atoms with Crippen LogP contribution in [0.15, 0.2) is 200 Å². The van der Waals surface area contributed by atoms with E-state index in [9.17, 15) is 45.0 Å². The molecule has 15 rings (SSSR count). The zero-order valence-corrected chi connectivity index (χ0v) is 60.5. The standard InChI is InChI=1S/3C28H28N2O3S/c3*1-18(2)29-13-15-30(16-14-29)21-7-3-19(4-8-21)27(33)26-24-12-11-23(32)17-25(24)34-28(26)20-5-9-22(31)10-6-20/h3*3-12,17-18,31-32H,13-16H2,1-2H3. The van der Waals surface area contributed by atoms with E-state index in [1.165, 1.54) is 34.0 Å². The predicted octanol–water partition coefficient (Wildman–Crippen LogP) is 17.2. The van der Waals surface area contributed by atoms with E-state index in [-0.39, 0.29) is 51.8 Å². The Morgan fingerprint density at radius 2 is 0.500 bits per heavy atom. The van der Waals surface area contributed by atoms with E-state index in [1.54, 1.807) is 91.0 Å². The third kappa shape index (κ3) is 15.4. The van der Waals surface area contributed by atoms with E-state index in [0.29, 0.717) is 51.5 Å². The van der Waals surface area contributed by atoms with E-state index in [1.807, 2.05) is 109 Å². The molecule has 522 valence electrons. The maximum Gasteiger partial charge on any atom is 0.195 e.